The molecule has 0 atom stereocenters. The van der Waals surface area contributed by atoms with Crippen LogP contribution in [0.5, 0.6) is 0 Å². The molecule has 0 aliphatic rings. The third-order valence-electron chi connectivity index (χ3n) is 2.51. The van der Waals surface area contributed by atoms with Crippen LogP contribution in [0.3, 0.4) is 0 Å². The maximum Gasteiger partial charge on any atom is 0.101 e. The predicted octanol–water partition coefficient (Wildman–Crippen LogP) is 3.04. The second-order valence-corrected chi connectivity index (χ2v) is 4.63. The summed E-state index contributed by atoms with van der Waals surface area (Å²) >= 11 is 0. The van der Waals surface area contributed by atoms with Gasteiger partial charge in [0, 0.05) is 0 Å². The summed E-state index contributed by atoms with van der Waals surface area (Å²) in [6.45, 7) is 8.20. The Morgan fingerprint density at radius 3 is 2.07 bits per heavy atom. The van der Waals surface area contributed by atoms with E-state index in [1.807, 2.05) is 19.1 Å². The molecule has 0 unspecified atom stereocenters. The van der Waals surface area contributed by atoms with E-state index < -0.39 is 0 Å². The molecular weight excluding hydrogens is 184 g/mol. The van der Waals surface area contributed by atoms with Gasteiger partial charge in [-0.25, -0.2) is 0 Å². The summed E-state index contributed by atoms with van der Waals surface area (Å²) in [4.78, 5) is 0. The number of hydrogen-bond acceptors (Lipinski definition) is 2. The number of benzene rings is 1. The molecule has 2 nitrogen and oxygen atoms in total. The van der Waals surface area contributed by atoms with Crippen molar-refractivity contribution in [2.24, 2.45) is 0 Å². The minimum absolute atomic E-state index is 0.00364. The van der Waals surface area contributed by atoms with Gasteiger partial charge in [0.2, 0.25) is 0 Å². The van der Waals surface area contributed by atoms with Crippen molar-refractivity contribution in [2.45, 2.75) is 33.1 Å². The molecule has 0 amide bonds. The molecule has 1 aromatic carbocycles. The molecule has 0 spiro atoms. The fraction of sp³-hybridized carbons (Fsp3) is 0.385. The number of rotatable bonds is 0. The summed E-state index contributed by atoms with van der Waals surface area (Å²) in [5.74, 6) is 0. The Hall–Kier alpha value is -1.80. The zero-order valence-electron chi connectivity index (χ0n) is 9.55. The smallest absolute Gasteiger partial charge is 0.101 e. The molecule has 15 heavy (non-hydrogen) atoms. The van der Waals surface area contributed by atoms with E-state index in [4.69, 9.17) is 10.5 Å². The summed E-state index contributed by atoms with van der Waals surface area (Å²) in [6.07, 6.45) is 0. The van der Waals surface area contributed by atoms with E-state index in [1.165, 1.54) is 0 Å². The minimum atomic E-state index is 0.00364. The van der Waals surface area contributed by atoms with Crippen LogP contribution in [0.4, 0.5) is 0 Å². The highest BCUT2D eigenvalue weighted by molar-refractivity contribution is 5.54. The highest BCUT2D eigenvalue weighted by Gasteiger charge is 2.19. The number of hydrogen-bond donors (Lipinski definition) is 0. The second kappa shape index (κ2) is 3.75. The molecule has 0 saturated heterocycles. The van der Waals surface area contributed by atoms with Crippen LogP contribution >= 0.6 is 0 Å². The van der Waals surface area contributed by atoms with Gasteiger partial charge in [0.1, 0.15) is 12.1 Å². The van der Waals surface area contributed by atoms with E-state index in [9.17, 15) is 0 Å². The fourth-order valence-electron chi connectivity index (χ4n) is 1.76. The monoisotopic (exact) mass is 198 g/mol. The average molecular weight is 198 g/mol. The Morgan fingerprint density at radius 2 is 1.67 bits per heavy atom. The van der Waals surface area contributed by atoms with Crippen LogP contribution < -0.4 is 0 Å². The molecule has 0 bridgehead atoms. The molecule has 0 aliphatic heterocycles. The normalized spacial score (nSPS) is 10.5. The fourth-order valence-corrected chi connectivity index (χ4v) is 1.76. The van der Waals surface area contributed by atoms with Crippen molar-refractivity contribution in [3.8, 4) is 12.1 Å². The van der Waals surface area contributed by atoms with Crippen molar-refractivity contribution < 1.29 is 0 Å². The topological polar surface area (TPSA) is 47.6 Å². The standard InChI is InChI=1S/C13H14N2/c1-9-11(8-15)10(7-14)5-6-12(9)13(2,3)4/h5-6H,1-4H3. The van der Waals surface area contributed by atoms with Gasteiger partial charge in [-0.15, -0.1) is 0 Å². The van der Waals surface area contributed by atoms with Crippen molar-refractivity contribution in [1.29, 1.82) is 10.5 Å². The molecule has 2 heteroatoms. The van der Waals surface area contributed by atoms with Gasteiger partial charge in [-0.2, -0.15) is 10.5 Å². The SMILES string of the molecule is Cc1c(C(C)(C)C)ccc(C#N)c1C#N. The summed E-state index contributed by atoms with van der Waals surface area (Å²) in [5.41, 5.74) is 3.01. The first-order valence-electron chi connectivity index (χ1n) is 4.86. The van der Waals surface area contributed by atoms with Crippen molar-refractivity contribution in [2.75, 3.05) is 0 Å². The van der Waals surface area contributed by atoms with E-state index in [2.05, 4.69) is 26.8 Å². The Bertz CT molecular complexity index is 465. The first-order valence-corrected chi connectivity index (χ1v) is 4.86. The van der Waals surface area contributed by atoms with Gasteiger partial charge in [0.25, 0.3) is 0 Å². The lowest BCUT2D eigenvalue weighted by atomic mass is 9.82. The summed E-state index contributed by atoms with van der Waals surface area (Å²) in [5, 5.41) is 17.9. The maximum atomic E-state index is 9.02. The Balaban J connectivity index is 3.54. The molecular formula is C13H14N2. The van der Waals surface area contributed by atoms with Crippen molar-refractivity contribution in [1.82, 2.24) is 0 Å². The molecule has 76 valence electrons. The lowest BCUT2D eigenvalue weighted by Crippen LogP contribution is -2.14. The second-order valence-electron chi connectivity index (χ2n) is 4.63. The molecule has 1 rings (SSSR count). The first-order chi connectivity index (χ1) is 6.91. The van der Waals surface area contributed by atoms with Gasteiger partial charge in [-0.3, -0.25) is 0 Å². The molecule has 0 aliphatic carbocycles. The third kappa shape index (κ3) is 2.00. The van der Waals surface area contributed by atoms with Crippen LogP contribution in [0.2, 0.25) is 0 Å². The summed E-state index contributed by atoms with van der Waals surface area (Å²) < 4.78 is 0. The van der Waals surface area contributed by atoms with Crippen molar-refractivity contribution in [3.05, 3.63) is 34.4 Å². The lowest BCUT2D eigenvalue weighted by molar-refractivity contribution is 0.586. The third-order valence-corrected chi connectivity index (χ3v) is 2.51. The van der Waals surface area contributed by atoms with Crippen LogP contribution in [-0.2, 0) is 5.41 Å². The van der Waals surface area contributed by atoms with Gasteiger partial charge < -0.3 is 0 Å². The Morgan fingerprint density at radius 1 is 1.07 bits per heavy atom. The maximum absolute atomic E-state index is 9.02. The first kappa shape index (κ1) is 11.3. The molecule has 0 radical (unpaired) electrons. The van der Waals surface area contributed by atoms with Crippen molar-refractivity contribution >= 4 is 0 Å². The molecule has 0 aromatic heterocycles. The van der Waals surface area contributed by atoms with Crippen molar-refractivity contribution in [3.63, 3.8) is 0 Å². The molecule has 0 saturated carbocycles. The molecule has 0 heterocycles. The number of nitriles is 2. The van der Waals surface area contributed by atoms with E-state index in [-0.39, 0.29) is 5.41 Å². The zero-order valence-corrected chi connectivity index (χ0v) is 9.55. The zero-order chi connectivity index (χ0) is 11.6. The predicted molar refractivity (Wildman–Crippen MR) is 59.3 cm³/mol. The van der Waals surface area contributed by atoms with Crippen LogP contribution in [0.15, 0.2) is 12.1 Å². The van der Waals surface area contributed by atoms with Gasteiger partial charge in [0.15, 0.2) is 0 Å². The molecule has 0 N–H and O–H groups in total. The number of nitrogens with zero attached hydrogens (tertiary/aromatic N) is 2. The van der Waals surface area contributed by atoms with Gasteiger partial charge in [0.05, 0.1) is 11.1 Å². The summed E-state index contributed by atoms with van der Waals surface area (Å²) in [6, 6.07) is 7.82. The van der Waals surface area contributed by atoms with Crippen LogP contribution in [-0.4, -0.2) is 0 Å². The quantitative estimate of drug-likeness (QED) is 0.643. The lowest BCUT2D eigenvalue weighted by Gasteiger charge is -2.22. The van der Waals surface area contributed by atoms with Gasteiger partial charge in [-0.1, -0.05) is 26.8 Å². The van der Waals surface area contributed by atoms with E-state index in [1.54, 1.807) is 6.07 Å². The average Bonchev–Trinajstić information content (AvgIpc) is 2.15. The Kier molecular flexibility index (Phi) is 2.82. The minimum Gasteiger partial charge on any atom is -0.192 e. The highest BCUT2D eigenvalue weighted by Crippen LogP contribution is 2.28. The van der Waals surface area contributed by atoms with Crippen LogP contribution in [0.1, 0.15) is 43.0 Å². The molecule has 0 fully saturated rings. The largest absolute Gasteiger partial charge is 0.192 e. The van der Waals surface area contributed by atoms with Crippen LogP contribution in [0.25, 0.3) is 0 Å². The van der Waals surface area contributed by atoms with E-state index in [0.29, 0.717) is 11.1 Å². The van der Waals surface area contributed by atoms with Gasteiger partial charge >= 0.3 is 0 Å². The van der Waals surface area contributed by atoms with Crippen LogP contribution in [0, 0.1) is 29.6 Å². The van der Waals surface area contributed by atoms with E-state index >= 15 is 0 Å². The van der Waals surface area contributed by atoms with Gasteiger partial charge in [-0.05, 0) is 29.5 Å². The molecule has 1 aromatic rings. The Labute approximate surface area is 90.8 Å². The highest BCUT2D eigenvalue weighted by atomic mass is 14.3. The van der Waals surface area contributed by atoms with E-state index in [0.717, 1.165) is 11.1 Å². The summed E-state index contributed by atoms with van der Waals surface area (Å²) in [7, 11) is 0.